The van der Waals surface area contributed by atoms with Gasteiger partial charge in [0.15, 0.2) is 0 Å². The Kier molecular flexibility index (Phi) is 3.47. The highest BCUT2D eigenvalue weighted by Gasteiger charge is 2.32. The number of thiazole rings is 1. The third kappa shape index (κ3) is 2.81. The summed E-state index contributed by atoms with van der Waals surface area (Å²) in [6, 6.07) is -0.454. The van der Waals surface area contributed by atoms with E-state index < -0.39 is 12.0 Å². The molecule has 1 fully saturated rings. The third-order valence-corrected chi connectivity index (χ3v) is 5.04. The standard InChI is InChI=1S/C11H16N2O2S2/c1-11(2,3)10-13-6(4-17-10)8-12-7(5-16-8)9(14)15/h4,7-8,12H,5H2,1-3H3,(H,14,15)/t7-,8?/m1/s1. The molecule has 0 bridgehead atoms. The first-order valence-corrected chi connectivity index (χ1v) is 7.37. The lowest BCUT2D eigenvalue weighted by atomic mass is 9.98. The van der Waals surface area contributed by atoms with Crippen LogP contribution in [0.1, 0.15) is 36.8 Å². The molecule has 6 heteroatoms. The number of carboxylic acid groups (broad SMARTS) is 1. The number of rotatable bonds is 2. The largest absolute Gasteiger partial charge is 0.480 e. The van der Waals surface area contributed by atoms with E-state index in [1.807, 2.05) is 5.38 Å². The summed E-state index contributed by atoms with van der Waals surface area (Å²) in [5.74, 6) is -0.186. The van der Waals surface area contributed by atoms with Gasteiger partial charge in [0.05, 0.1) is 16.1 Å². The van der Waals surface area contributed by atoms with Crippen molar-refractivity contribution >= 4 is 29.1 Å². The number of aliphatic carboxylic acids is 1. The highest BCUT2D eigenvalue weighted by molar-refractivity contribution is 7.99. The second-order valence-corrected chi connectivity index (χ2v) is 7.09. The minimum atomic E-state index is -0.786. The molecule has 0 radical (unpaired) electrons. The summed E-state index contributed by atoms with van der Waals surface area (Å²) in [5.41, 5.74) is 1.01. The molecule has 94 valence electrons. The maximum Gasteiger partial charge on any atom is 0.321 e. The van der Waals surface area contributed by atoms with Crippen LogP contribution in [0.2, 0.25) is 0 Å². The van der Waals surface area contributed by atoms with Crippen LogP contribution in [0.3, 0.4) is 0 Å². The molecule has 1 aliphatic heterocycles. The van der Waals surface area contributed by atoms with Crippen LogP contribution in [0.25, 0.3) is 0 Å². The van der Waals surface area contributed by atoms with Crippen LogP contribution in [-0.2, 0) is 10.2 Å². The molecule has 2 heterocycles. The Bertz CT molecular complexity index is 425. The fraction of sp³-hybridized carbons (Fsp3) is 0.636. The Labute approximate surface area is 109 Å². The van der Waals surface area contributed by atoms with Crippen LogP contribution in [0.4, 0.5) is 0 Å². The molecule has 1 saturated heterocycles. The van der Waals surface area contributed by atoms with E-state index in [4.69, 9.17) is 5.11 Å². The second kappa shape index (κ2) is 4.59. The maximum atomic E-state index is 10.8. The highest BCUT2D eigenvalue weighted by atomic mass is 32.2. The molecule has 0 aromatic carbocycles. The third-order valence-electron chi connectivity index (χ3n) is 2.51. The van der Waals surface area contributed by atoms with E-state index in [2.05, 4.69) is 31.1 Å². The number of nitrogens with zero attached hydrogens (tertiary/aromatic N) is 1. The zero-order valence-corrected chi connectivity index (χ0v) is 11.7. The lowest BCUT2D eigenvalue weighted by Crippen LogP contribution is -2.33. The molecule has 2 rings (SSSR count). The SMILES string of the molecule is CC(C)(C)c1nc(C2N[C@@H](C(=O)O)CS2)cs1. The van der Waals surface area contributed by atoms with Crippen molar-refractivity contribution in [1.82, 2.24) is 10.3 Å². The number of aromatic nitrogens is 1. The molecule has 1 aromatic heterocycles. The Morgan fingerprint density at radius 2 is 2.29 bits per heavy atom. The summed E-state index contributed by atoms with van der Waals surface area (Å²) in [5, 5.41) is 15.1. The van der Waals surface area contributed by atoms with E-state index in [0.29, 0.717) is 5.75 Å². The van der Waals surface area contributed by atoms with Gasteiger partial charge in [-0.2, -0.15) is 0 Å². The van der Waals surface area contributed by atoms with E-state index in [-0.39, 0.29) is 10.8 Å². The van der Waals surface area contributed by atoms with E-state index in [9.17, 15) is 4.79 Å². The molecule has 1 unspecified atom stereocenters. The zero-order chi connectivity index (χ0) is 12.6. The number of carbonyl (C=O) groups is 1. The summed E-state index contributed by atoms with van der Waals surface area (Å²) in [6.45, 7) is 6.39. The first-order chi connectivity index (χ1) is 7.88. The average Bonchev–Trinajstić information content (AvgIpc) is 2.85. The second-order valence-electron chi connectivity index (χ2n) is 5.10. The first kappa shape index (κ1) is 12.9. The molecule has 0 spiro atoms. The number of carboxylic acids is 1. The van der Waals surface area contributed by atoms with Gasteiger partial charge in [0.1, 0.15) is 6.04 Å². The molecule has 1 aliphatic rings. The lowest BCUT2D eigenvalue weighted by molar-refractivity contribution is -0.138. The van der Waals surface area contributed by atoms with E-state index in [1.165, 1.54) is 0 Å². The van der Waals surface area contributed by atoms with E-state index in [1.54, 1.807) is 23.1 Å². The van der Waals surface area contributed by atoms with Crippen LogP contribution >= 0.6 is 23.1 Å². The summed E-state index contributed by atoms with van der Waals surface area (Å²) in [6.07, 6.45) is 0. The highest BCUT2D eigenvalue weighted by Crippen LogP contribution is 2.35. The van der Waals surface area contributed by atoms with Crippen LogP contribution in [0.15, 0.2) is 5.38 Å². The monoisotopic (exact) mass is 272 g/mol. The molecule has 4 nitrogen and oxygen atoms in total. The number of hydrogen-bond donors (Lipinski definition) is 2. The van der Waals surface area contributed by atoms with Crippen molar-refractivity contribution in [3.05, 3.63) is 16.1 Å². The van der Waals surface area contributed by atoms with Gasteiger partial charge in [0.2, 0.25) is 0 Å². The zero-order valence-electron chi connectivity index (χ0n) is 10.1. The number of hydrogen-bond acceptors (Lipinski definition) is 5. The van der Waals surface area contributed by atoms with Gasteiger partial charge in [-0.05, 0) is 0 Å². The topological polar surface area (TPSA) is 62.2 Å². The molecule has 2 atom stereocenters. The van der Waals surface area contributed by atoms with Gasteiger partial charge in [0.25, 0.3) is 0 Å². The van der Waals surface area contributed by atoms with Gasteiger partial charge < -0.3 is 5.11 Å². The smallest absolute Gasteiger partial charge is 0.321 e. The van der Waals surface area contributed by atoms with Crippen LogP contribution in [-0.4, -0.2) is 27.9 Å². The average molecular weight is 272 g/mol. The molecule has 0 aliphatic carbocycles. The predicted molar refractivity (Wildman–Crippen MR) is 70.6 cm³/mol. The van der Waals surface area contributed by atoms with Gasteiger partial charge in [-0.15, -0.1) is 23.1 Å². The molecular formula is C11H16N2O2S2. The number of thioether (sulfide) groups is 1. The number of nitrogens with one attached hydrogen (secondary N) is 1. The molecular weight excluding hydrogens is 256 g/mol. The van der Waals surface area contributed by atoms with Gasteiger partial charge >= 0.3 is 5.97 Å². The summed E-state index contributed by atoms with van der Waals surface area (Å²) < 4.78 is 0. The Morgan fingerprint density at radius 3 is 2.76 bits per heavy atom. The van der Waals surface area contributed by atoms with Crippen LogP contribution in [0, 0.1) is 0 Å². The molecule has 17 heavy (non-hydrogen) atoms. The first-order valence-electron chi connectivity index (χ1n) is 5.44. The maximum absolute atomic E-state index is 10.8. The van der Waals surface area contributed by atoms with E-state index in [0.717, 1.165) is 10.7 Å². The van der Waals surface area contributed by atoms with Crippen molar-refractivity contribution in [3.8, 4) is 0 Å². The summed E-state index contributed by atoms with van der Waals surface area (Å²) in [7, 11) is 0. The molecule has 2 N–H and O–H groups in total. The quantitative estimate of drug-likeness (QED) is 0.864. The van der Waals surface area contributed by atoms with Gasteiger partial charge in [-0.25, -0.2) is 4.98 Å². The predicted octanol–water partition coefficient (Wildman–Crippen LogP) is 2.23. The fourth-order valence-electron chi connectivity index (χ4n) is 1.54. The van der Waals surface area contributed by atoms with Crippen LogP contribution in [0.5, 0.6) is 0 Å². The molecule has 0 saturated carbocycles. The van der Waals surface area contributed by atoms with Crippen molar-refractivity contribution in [2.45, 2.75) is 37.6 Å². The summed E-state index contributed by atoms with van der Waals surface area (Å²) in [4.78, 5) is 15.4. The lowest BCUT2D eigenvalue weighted by Gasteiger charge is -2.14. The minimum Gasteiger partial charge on any atom is -0.480 e. The van der Waals surface area contributed by atoms with Gasteiger partial charge in [-0.1, -0.05) is 20.8 Å². The van der Waals surface area contributed by atoms with Gasteiger partial charge in [-0.3, -0.25) is 10.1 Å². The minimum absolute atomic E-state index is 0.0171. The Balaban J connectivity index is 2.10. The van der Waals surface area contributed by atoms with Crippen molar-refractivity contribution in [2.75, 3.05) is 5.75 Å². The fourth-order valence-corrected chi connectivity index (χ4v) is 3.73. The van der Waals surface area contributed by atoms with Gasteiger partial charge in [0, 0.05) is 16.5 Å². The van der Waals surface area contributed by atoms with Crippen molar-refractivity contribution < 1.29 is 9.90 Å². The van der Waals surface area contributed by atoms with Crippen molar-refractivity contribution in [3.63, 3.8) is 0 Å². The Morgan fingerprint density at radius 1 is 1.59 bits per heavy atom. The molecule has 0 amide bonds. The Hall–Kier alpha value is -0.590. The summed E-state index contributed by atoms with van der Waals surface area (Å²) >= 11 is 3.25. The van der Waals surface area contributed by atoms with Crippen LogP contribution < -0.4 is 5.32 Å². The van der Waals surface area contributed by atoms with Crippen molar-refractivity contribution in [2.24, 2.45) is 0 Å². The van der Waals surface area contributed by atoms with Crippen molar-refractivity contribution in [1.29, 1.82) is 0 Å². The molecule has 1 aromatic rings. The van der Waals surface area contributed by atoms with E-state index >= 15 is 0 Å². The normalized spacial score (nSPS) is 25.1.